The Balaban J connectivity index is 1.55. The molecule has 5 rings (SSSR count). The number of ether oxygens (including phenoxy) is 1. The molecule has 7 nitrogen and oxygen atoms in total. The van der Waals surface area contributed by atoms with Gasteiger partial charge in [0.2, 0.25) is 5.91 Å². The summed E-state index contributed by atoms with van der Waals surface area (Å²) in [6, 6.07) is 5.64. The van der Waals surface area contributed by atoms with Gasteiger partial charge in [-0.1, -0.05) is 38.2 Å². The van der Waals surface area contributed by atoms with Crippen LogP contribution in [0, 0.1) is 17.0 Å². The number of methoxy groups -OCH3 is 1. The zero-order valence-electron chi connectivity index (χ0n) is 20.3. The first-order valence-corrected chi connectivity index (χ1v) is 12.3. The van der Waals surface area contributed by atoms with E-state index in [1.54, 1.807) is 27.6 Å². The van der Waals surface area contributed by atoms with Crippen LogP contribution >= 0.6 is 11.3 Å². The number of likely N-dealkylation sites (tertiary alicyclic amines) is 1. The summed E-state index contributed by atoms with van der Waals surface area (Å²) in [5.74, 6) is -2.99. The SMILES string of the molecule is COc1cc2c(cc1C(=O)O)sc1nc(-c3ccc(C4CCCN4C(=O)C(C)(C)C)c(F)c3F)cn12. The fourth-order valence-corrected chi connectivity index (χ4v) is 5.80. The Hall–Kier alpha value is -3.53. The average Bonchev–Trinajstić information content (AvgIpc) is 3.53. The molecule has 1 saturated heterocycles. The summed E-state index contributed by atoms with van der Waals surface area (Å²) in [5.41, 5.74) is 0.502. The van der Waals surface area contributed by atoms with Crippen molar-refractivity contribution in [1.82, 2.24) is 14.3 Å². The van der Waals surface area contributed by atoms with E-state index in [0.29, 0.717) is 28.1 Å². The molecule has 1 atom stereocenters. The van der Waals surface area contributed by atoms with Crippen molar-refractivity contribution in [3.8, 4) is 17.0 Å². The molecule has 3 heterocycles. The van der Waals surface area contributed by atoms with Crippen molar-refractivity contribution in [1.29, 1.82) is 0 Å². The van der Waals surface area contributed by atoms with E-state index in [-0.39, 0.29) is 34.0 Å². The molecular weight excluding hydrogens is 488 g/mol. The molecular formula is C26H25F2N3O4S. The number of benzene rings is 2. The summed E-state index contributed by atoms with van der Waals surface area (Å²) in [6.45, 7) is 5.96. The quantitative estimate of drug-likeness (QED) is 0.367. The first kappa shape index (κ1) is 24.2. The Bertz CT molecular complexity index is 1540. The van der Waals surface area contributed by atoms with Crippen molar-refractivity contribution in [2.75, 3.05) is 13.7 Å². The summed E-state index contributed by atoms with van der Waals surface area (Å²) in [7, 11) is 1.39. The molecule has 36 heavy (non-hydrogen) atoms. The molecule has 1 unspecified atom stereocenters. The predicted molar refractivity (Wildman–Crippen MR) is 133 cm³/mol. The van der Waals surface area contributed by atoms with Gasteiger partial charge in [-0.3, -0.25) is 9.20 Å². The summed E-state index contributed by atoms with van der Waals surface area (Å²) in [5, 5.41) is 9.42. The van der Waals surface area contributed by atoms with Gasteiger partial charge in [0.15, 0.2) is 16.6 Å². The summed E-state index contributed by atoms with van der Waals surface area (Å²) in [6.07, 6.45) is 2.90. The van der Waals surface area contributed by atoms with Crippen LogP contribution in [0.2, 0.25) is 0 Å². The van der Waals surface area contributed by atoms with Gasteiger partial charge in [0.25, 0.3) is 0 Å². The van der Waals surface area contributed by atoms with Crippen LogP contribution in [0.15, 0.2) is 30.5 Å². The molecule has 2 aromatic heterocycles. The van der Waals surface area contributed by atoms with Crippen molar-refractivity contribution in [3.05, 3.63) is 53.2 Å². The molecule has 0 bridgehead atoms. The second-order valence-electron chi connectivity index (χ2n) is 9.94. The lowest BCUT2D eigenvalue weighted by atomic mass is 9.93. The zero-order valence-corrected chi connectivity index (χ0v) is 21.1. The van der Waals surface area contributed by atoms with E-state index in [0.717, 1.165) is 6.42 Å². The van der Waals surface area contributed by atoms with E-state index in [9.17, 15) is 14.7 Å². The Morgan fingerprint density at radius 2 is 1.94 bits per heavy atom. The number of imidazole rings is 1. The number of carbonyl (C=O) groups excluding carboxylic acids is 1. The van der Waals surface area contributed by atoms with Crippen LogP contribution in [-0.2, 0) is 4.79 Å². The van der Waals surface area contributed by atoms with Gasteiger partial charge in [0, 0.05) is 35.3 Å². The van der Waals surface area contributed by atoms with Crippen LogP contribution in [0.25, 0.3) is 26.4 Å². The van der Waals surface area contributed by atoms with Crippen molar-refractivity contribution in [2.45, 2.75) is 39.7 Å². The van der Waals surface area contributed by atoms with Crippen LogP contribution < -0.4 is 4.74 Å². The Labute approximate surface area is 209 Å². The van der Waals surface area contributed by atoms with E-state index in [1.807, 2.05) is 20.8 Å². The number of thiazole rings is 1. The number of aromatic carboxylic acids is 1. The molecule has 10 heteroatoms. The molecule has 0 aliphatic carbocycles. The standard InChI is InChI=1S/C26H25F2N3O4S/c1-26(2,3)24(34)30-9-5-6-17(30)14-8-7-13(21(27)22(14)28)16-12-31-18-11-19(35-4)15(23(32)33)10-20(18)36-25(31)29-16/h7-8,10-12,17H,5-6,9H2,1-4H3,(H,32,33). The maximum atomic E-state index is 15.4. The van der Waals surface area contributed by atoms with Crippen molar-refractivity contribution in [2.24, 2.45) is 5.41 Å². The average molecular weight is 514 g/mol. The monoisotopic (exact) mass is 513 g/mol. The molecule has 1 N–H and O–H groups in total. The minimum atomic E-state index is -1.11. The van der Waals surface area contributed by atoms with Gasteiger partial charge in [0.1, 0.15) is 11.3 Å². The molecule has 1 fully saturated rings. The second kappa shape index (κ2) is 8.55. The number of carbonyl (C=O) groups is 2. The highest BCUT2D eigenvalue weighted by atomic mass is 32.1. The van der Waals surface area contributed by atoms with Gasteiger partial charge < -0.3 is 14.7 Å². The van der Waals surface area contributed by atoms with Crippen molar-refractivity contribution in [3.63, 3.8) is 0 Å². The van der Waals surface area contributed by atoms with Gasteiger partial charge >= 0.3 is 5.97 Å². The van der Waals surface area contributed by atoms with Crippen LogP contribution in [0.1, 0.15) is 55.6 Å². The zero-order chi connectivity index (χ0) is 25.9. The number of amides is 1. The third-order valence-electron chi connectivity index (χ3n) is 6.55. The highest BCUT2D eigenvalue weighted by Crippen LogP contribution is 2.39. The number of aromatic nitrogens is 2. The van der Waals surface area contributed by atoms with E-state index in [1.165, 1.54) is 30.6 Å². The minimum absolute atomic E-state index is 0.0149. The smallest absolute Gasteiger partial charge is 0.339 e. The molecule has 0 spiro atoms. The number of hydrogen-bond acceptors (Lipinski definition) is 5. The lowest BCUT2D eigenvalue weighted by Gasteiger charge is -2.31. The maximum Gasteiger partial charge on any atom is 0.339 e. The minimum Gasteiger partial charge on any atom is -0.496 e. The highest BCUT2D eigenvalue weighted by molar-refractivity contribution is 7.23. The molecule has 2 aromatic carbocycles. The molecule has 1 amide bonds. The number of rotatable bonds is 4. The molecule has 1 aliphatic heterocycles. The largest absolute Gasteiger partial charge is 0.496 e. The molecule has 4 aromatic rings. The van der Waals surface area contributed by atoms with Crippen LogP contribution in [0.5, 0.6) is 5.75 Å². The lowest BCUT2D eigenvalue weighted by Crippen LogP contribution is -2.39. The van der Waals surface area contributed by atoms with Crippen molar-refractivity contribution >= 4 is 38.4 Å². The third kappa shape index (κ3) is 3.80. The number of carboxylic acid groups (broad SMARTS) is 1. The molecule has 0 radical (unpaired) electrons. The maximum absolute atomic E-state index is 15.4. The van der Waals surface area contributed by atoms with Crippen LogP contribution in [0.4, 0.5) is 8.78 Å². The second-order valence-corrected chi connectivity index (χ2v) is 11.0. The van der Waals surface area contributed by atoms with Gasteiger partial charge in [-0.15, -0.1) is 0 Å². The van der Waals surface area contributed by atoms with E-state index in [2.05, 4.69) is 4.98 Å². The number of nitrogens with zero attached hydrogens (tertiary/aromatic N) is 3. The molecule has 1 aliphatic rings. The van der Waals surface area contributed by atoms with Crippen LogP contribution in [0.3, 0.4) is 0 Å². The number of fused-ring (bicyclic) bond motifs is 3. The highest BCUT2D eigenvalue weighted by Gasteiger charge is 2.37. The summed E-state index contributed by atoms with van der Waals surface area (Å²) in [4.78, 5) is 31.0. The van der Waals surface area contributed by atoms with Crippen molar-refractivity contribution < 1.29 is 28.2 Å². The van der Waals surface area contributed by atoms with Gasteiger partial charge in [-0.05, 0) is 25.0 Å². The predicted octanol–water partition coefficient (Wildman–Crippen LogP) is 5.91. The number of carboxylic acids is 1. The van der Waals surface area contributed by atoms with Gasteiger partial charge in [0.05, 0.1) is 29.1 Å². The molecule has 188 valence electrons. The van der Waals surface area contributed by atoms with E-state index >= 15 is 8.78 Å². The Morgan fingerprint density at radius 3 is 2.61 bits per heavy atom. The number of halogens is 2. The van der Waals surface area contributed by atoms with E-state index in [4.69, 9.17) is 4.74 Å². The fourth-order valence-electron chi connectivity index (χ4n) is 4.77. The third-order valence-corrected chi connectivity index (χ3v) is 7.57. The first-order valence-electron chi connectivity index (χ1n) is 11.5. The summed E-state index contributed by atoms with van der Waals surface area (Å²) < 4.78 is 38.3. The van der Waals surface area contributed by atoms with Gasteiger partial charge in [-0.2, -0.15) is 0 Å². The lowest BCUT2D eigenvalue weighted by molar-refractivity contribution is -0.140. The Morgan fingerprint density at radius 1 is 1.19 bits per heavy atom. The Kier molecular flexibility index (Phi) is 5.74. The van der Waals surface area contributed by atoms with Gasteiger partial charge in [-0.25, -0.2) is 18.6 Å². The fraction of sp³-hybridized carbons (Fsp3) is 0.346. The van der Waals surface area contributed by atoms with Crippen LogP contribution in [-0.4, -0.2) is 44.9 Å². The first-order chi connectivity index (χ1) is 17.0. The molecule has 0 saturated carbocycles. The normalized spacial score (nSPS) is 16.3. The topological polar surface area (TPSA) is 84.1 Å². The summed E-state index contributed by atoms with van der Waals surface area (Å²) >= 11 is 1.24. The number of hydrogen-bond donors (Lipinski definition) is 1. The van der Waals surface area contributed by atoms with E-state index < -0.39 is 29.1 Å².